The van der Waals surface area contributed by atoms with Crippen LogP contribution < -0.4 is 5.32 Å². The van der Waals surface area contributed by atoms with E-state index in [2.05, 4.69) is 31.3 Å². The summed E-state index contributed by atoms with van der Waals surface area (Å²) < 4.78 is 0. The average molecular weight is 311 g/mol. The molecule has 0 saturated carbocycles. The highest BCUT2D eigenvalue weighted by Gasteiger charge is 2.25. The molecule has 1 aromatic carbocycles. The maximum atomic E-state index is 9.35. The van der Waals surface area contributed by atoms with Gasteiger partial charge in [-0.3, -0.25) is 5.32 Å². The van der Waals surface area contributed by atoms with Crippen molar-refractivity contribution in [2.24, 2.45) is 0 Å². The van der Waals surface area contributed by atoms with Crippen molar-refractivity contribution in [1.29, 1.82) is 5.26 Å². The Hall–Kier alpha value is -0.690. The van der Waals surface area contributed by atoms with Gasteiger partial charge in [-0.05, 0) is 37.9 Å². The van der Waals surface area contributed by atoms with Crippen LogP contribution in [0, 0.1) is 11.3 Å². The van der Waals surface area contributed by atoms with E-state index >= 15 is 0 Å². The Morgan fingerprint density at radius 2 is 2.15 bits per heavy atom. The smallest absolute Gasteiger partial charge is 0.104 e. The molecular formula is C16H23ClN2S. The molecule has 0 aromatic heterocycles. The molecule has 2 nitrogen and oxygen atoms in total. The fourth-order valence-electron chi connectivity index (χ4n) is 2.04. The van der Waals surface area contributed by atoms with Crippen molar-refractivity contribution in [1.82, 2.24) is 5.32 Å². The number of nitriles is 1. The number of benzene rings is 1. The number of nitrogens with zero attached hydrogens (tertiary/aromatic N) is 1. The number of hydrogen-bond donors (Lipinski definition) is 1. The van der Waals surface area contributed by atoms with E-state index in [0.717, 1.165) is 35.7 Å². The minimum absolute atomic E-state index is 0.403. The van der Waals surface area contributed by atoms with Gasteiger partial charge >= 0.3 is 0 Å². The molecule has 4 heteroatoms. The molecule has 110 valence electrons. The predicted octanol–water partition coefficient (Wildman–Crippen LogP) is 4.63. The highest BCUT2D eigenvalue weighted by Crippen LogP contribution is 2.27. The maximum absolute atomic E-state index is 9.35. The number of rotatable bonds is 8. The monoisotopic (exact) mass is 310 g/mol. The molecule has 1 rings (SSSR count). The second-order valence-electron chi connectivity index (χ2n) is 5.29. The molecule has 1 aromatic rings. The Kier molecular flexibility index (Phi) is 7.43. The zero-order valence-corrected chi connectivity index (χ0v) is 14.0. The zero-order valence-electron chi connectivity index (χ0n) is 12.4. The van der Waals surface area contributed by atoms with E-state index in [4.69, 9.17) is 11.6 Å². The fourth-order valence-corrected chi connectivity index (χ4v) is 3.49. The summed E-state index contributed by atoms with van der Waals surface area (Å²) in [4.78, 5) is 0. The second-order valence-corrected chi connectivity index (χ2v) is 7.12. The van der Waals surface area contributed by atoms with E-state index in [-0.39, 0.29) is 0 Å². The summed E-state index contributed by atoms with van der Waals surface area (Å²) in [5, 5.41) is 13.9. The molecule has 20 heavy (non-hydrogen) atoms. The lowest BCUT2D eigenvalue weighted by molar-refractivity contribution is 0.418. The Morgan fingerprint density at radius 1 is 1.45 bits per heavy atom. The van der Waals surface area contributed by atoms with Crippen LogP contribution in [0.2, 0.25) is 5.02 Å². The Morgan fingerprint density at radius 3 is 2.75 bits per heavy atom. The fraction of sp³-hybridized carbons (Fsp3) is 0.562. The van der Waals surface area contributed by atoms with Crippen LogP contribution in [0.3, 0.4) is 0 Å². The Labute approximate surface area is 131 Å². The predicted molar refractivity (Wildman–Crippen MR) is 89.1 cm³/mol. The van der Waals surface area contributed by atoms with Gasteiger partial charge in [0.05, 0.1) is 6.07 Å². The zero-order chi connectivity index (χ0) is 15.0. The van der Waals surface area contributed by atoms with Crippen molar-refractivity contribution >= 4 is 23.4 Å². The summed E-state index contributed by atoms with van der Waals surface area (Å²) >= 11 is 8.00. The molecule has 0 heterocycles. The maximum Gasteiger partial charge on any atom is 0.104 e. The highest BCUT2D eigenvalue weighted by molar-refractivity contribution is 7.99. The quantitative estimate of drug-likeness (QED) is 0.760. The molecule has 0 aliphatic carbocycles. The molecule has 0 bridgehead atoms. The van der Waals surface area contributed by atoms with Crippen molar-refractivity contribution < 1.29 is 0 Å². The second kappa shape index (κ2) is 8.56. The lowest BCUT2D eigenvalue weighted by Crippen LogP contribution is -2.43. The van der Waals surface area contributed by atoms with Gasteiger partial charge in [0.2, 0.25) is 0 Å². The first-order valence-electron chi connectivity index (χ1n) is 7.02. The molecule has 0 spiro atoms. The van der Waals surface area contributed by atoms with Crippen molar-refractivity contribution in [2.75, 3.05) is 6.54 Å². The van der Waals surface area contributed by atoms with Gasteiger partial charge < -0.3 is 0 Å². The summed E-state index contributed by atoms with van der Waals surface area (Å²) in [5.74, 6) is 0.885. The number of thioether (sulfide) groups is 1. The van der Waals surface area contributed by atoms with Crippen LogP contribution >= 0.6 is 23.4 Å². The molecule has 0 aliphatic heterocycles. The van der Waals surface area contributed by atoms with Crippen molar-refractivity contribution in [3.8, 4) is 6.07 Å². The third kappa shape index (κ3) is 5.75. The lowest BCUT2D eigenvalue weighted by Gasteiger charge is -2.26. The van der Waals surface area contributed by atoms with Gasteiger partial charge in [0.15, 0.2) is 0 Å². The molecule has 0 radical (unpaired) electrons. The van der Waals surface area contributed by atoms with Gasteiger partial charge in [0.1, 0.15) is 5.54 Å². The molecule has 1 N–H and O–H groups in total. The SMILES string of the molecule is CCCNC(C)(C#N)CC(C)SCc1ccccc1Cl. The van der Waals surface area contributed by atoms with Crippen LogP contribution in [0.15, 0.2) is 24.3 Å². The number of nitrogens with one attached hydrogen (secondary N) is 1. The molecule has 0 amide bonds. The third-order valence-electron chi connectivity index (χ3n) is 3.19. The molecule has 2 atom stereocenters. The van der Waals surface area contributed by atoms with E-state index in [0.29, 0.717) is 5.25 Å². The first-order valence-corrected chi connectivity index (χ1v) is 8.44. The lowest BCUT2D eigenvalue weighted by atomic mass is 9.98. The van der Waals surface area contributed by atoms with E-state index in [9.17, 15) is 5.26 Å². The van der Waals surface area contributed by atoms with E-state index in [1.165, 1.54) is 0 Å². The van der Waals surface area contributed by atoms with E-state index < -0.39 is 5.54 Å². The molecule has 0 aliphatic rings. The summed E-state index contributed by atoms with van der Waals surface area (Å²) in [6.45, 7) is 7.15. The molecule has 2 unspecified atom stereocenters. The van der Waals surface area contributed by atoms with Gasteiger partial charge in [-0.1, -0.05) is 43.6 Å². The van der Waals surface area contributed by atoms with Crippen LogP contribution in [0.25, 0.3) is 0 Å². The van der Waals surface area contributed by atoms with Crippen LogP contribution in [-0.2, 0) is 5.75 Å². The molecular weight excluding hydrogens is 288 g/mol. The summed E-state index contributed by atoms with van der Waals surface area (Å²) in [6.07, 6.45) is 1.87. The summed E-state index contributed by atoms with van der Waals surface area (Å²) in [5.41, 5.74) is 0.717. The normalized spacial score (nSPS) is 15.3. The highest BCUT2D eigenvalue weighted by atomic mass is 35.5. The van der Waals surface area contributed by atoms with Gasteiger partial charge in [-0.25, -0.2) is 0 Å². The molecule has 0 fully saturated rings. The largest absolute Gasteiger partial charge is 0.300 e. The van der Waals surface area contributed by atoms with Gasteiger partial charge in [-0.15, -0.1) is 0 Å². The Balaban J connectivity index is 2.49. The number of halogens is 1. The van der Waals surface area contributed by atoms with Crippen molar-refractivity contribution in [2.45, 2.75) is 50.2 Å². The van der Waals surface area contributed by atoms with Crippen molar-refractivity contribution in [3.05, 3.63) is 34.9 Å². The van der Waals surface area contributed by atoms with Gasteiger partial charge in [-0.2, -0.15) is 17.0 Å². The summed E-state index contributed by atoms with van der Waals surface area (Å²) in [6, 6.07) is 10.3. The minimum atomic E-state index is -0.442. The third-order valence-corrected chi connectivity index (χ3v) is 4.77. The first-order chi connectivity index (χ1) is 9.50. The topological polar surface area (TPSA) is 35.8 Å². The first kappa shape index (κ1) is 17.4. The number of hydrogen-bond acceptors (Lipinski definition) is 3. The van der Waals surface area contributed by atoms with Crippen LogP contribution in [0.1, 0.15) is 39.2 Å². The van der Waals surface area contributed by atoms with Gasteiger partial charge in [0.25, 0.3) is 0 Å². The molecule has 0 saturated heterocycles. The minimum Gasteiger partial charge on any atom is -0.300 e. The Bertz CT molecular complexity index is 458. The standard InChI is InChI=1S/C16H23ClN2S/c1-4-9-19-16(3,12-18)10-13(2)20-11-14-7-5-6-8-15(14)17/h5-8,13,19H,4,9-11H2,1-3H3. The average Bonchev–Trinajstić information content (AvgIpc) is 2.44. The van der Waals surface area contributed by atoms with Crippen LogP contribution in [0.4, 0.5) is 0 Å². The summed E-state index contributed by atoms with van der Waals surface area (Å²) in [7, 11) is 0. The van der Waals surface area contributed by atoms with Crippen LogP contribution in [-0.4, -0.2) is 17.3 Å². The van der Waals surface area contributed by atoms with E-state index in [1.807, 2.05) is 36.9 Å². The van der Waals surface area contributed by atoms with Crippen molar-refractivity contribution in [3.63, 3.8) is 0 Å². The van der Waals surface area contributed by atoms with E-state index in [1.54, 1.807) is 0 Å². The van der Waals surface area contributed by atoms with Gasteiger partial charge in [0, 0.05) is 16.0 Å². The van der Waals surface area contributed by atoms with Crippen LogP contribution in [0.5, 0.6) is 0 Å².